The first-order valence-electron chi connectivity index (χ1n) is 19.6. The Balaban J connectivity index is 3.18. The monoisotopic (exact) mass is 862 g/mol. The number of ether oxygens (including phenoxy) is 6. The maximum absolute atomic E-state index is 14.0. The van der Waals surface area contributed by atoms with Crippen molar-refractivity contribution in [2.45, 2.75) is 76.4 Å². The summed E-state index contributed by atoms with van der Waals surface area (Å²) in [5, 5.41) is 8.68. The minimum atomic E-state index is -3.45. The Morgan fingerprint density at radius 1 is 0.712 bits per heavy atom. The fourth-order valence-corrected chi connectivity index (χ4v) is 6.03. The van der Waals surface area contributed by atoms with Gasteiger partial charge in [0.1, 0.15) is 31.4 Å². The molecule has 0 aliphatic rings. The zero-order chi connectivity index (χ0) is 43.6. The molecule has 1 aromatic rings. The van der Waals surface area contributed by atoms with E-state index in [0.717, 1.165) is 0 Å². The fourth-order valence-electron chi connectivity index (χ4n) is 5.16. The Morgan fingerprint density at radius 3 is 1.68 bits per heavy atom. The summed E-state index contributed by atoms with van der Waals surface area (Å²) < 4.78 is 37.6. The number of benzene rings is 1. The van der Waals surface area contributed by atoms with Crippen LogP contribution in [-0.2, 0) is 54.6 Å². The number of carbonyl (C=O) groups is 4. The molecule has 59 heavy (non-hydrogen) atoms. The molecule has 0 heterocycles. The second kappa shape index (κ2) is 32.9. The molecule has 3 amide bonds. The molecule has 0 aromatic heterocycles. The molecule has 3 N–H and O–H groups in total. The number of ketones is 1. The van der Waals surface area contributed by atoms with E-state index >= 15 is 0 Å². The summed E-state index contributed by atoms with van der Waals surface area (Å²) in [5.41, 5.74) is -1.46. The molecule has 328 valence electrons. The molecule has 0 saturated carbocycles. The maximum atomic E-state index is 14.0. The lowest BCUT2D eigenvalue weighted by molar-refractivity contribution is -0.177. The van der Waals surface area contributed by atoms with Gasteiger partial charge in [-0.25, -0.2) is 0 Å². The largest absolute Gasteiger partial charge is 0.791 e. The van der Waals surface area contributed by atoms with Gasteiger partial charge in [-0.05, 0) is 43.9 Å². The predicted octanol–water partition coefficient (Wildman–Crippen LogP) is 2.53. The summed E-state index contributed by atoms with van der Waals surface area (Å²) >= 11 is 5.19. The third-order valence-corrected chi connectivity index (χ3v) is 11.7. The van der Waals surface area contributed by atoms with Crippen molar-refractivity contribution in [2.75, 3.05) is 92.4 Å². The van der Waals surface area contributed by atoms with Crippen molar-refractivity contribution in [3.05, 3.63) is 29.8 Å². The highest BCUT2D eigenvalue weighted by Gasteiger charge is 2.34. The number of hydrogen-bond acceptors (Lipinski definition) is 13. The fraction of sp³-hybridized carbons (Fsp3) is 0.619. The minimum absolute atomic E-state index is 0.0385. The molecule has 1 rings (SSSR count). The maximum Gasteiger partial charge on any atom is 0.251 e. The summed E-state index contributed by atoms with van der Waals surface area (Å²) in [7, 11) is 0. The number of terminal acetylenes is 3. The molecule has 0 aliphatic heterocycles. The first kappa shape index (κ1) is 53.2. The zero-order valence-corrected chi connectivity index (χ0v) is 36.1. The first-order valence-corrected chi connectivity index (χ1v) is 22.3. The number of nitrogens with one attached hydrogen (secondary N) is 3. The van der Waals surface area contributed by atoms with Crippen molar-refractivity contribution in [3.63, 3.8) is 0 Å². The predicted molar refractivity (Wildman–Crippen MR) is 226 cm³/mol. The third kappa shape index (κ3) is 26.8. The molecule has 0 spiro atoms. The van der Waals surface area contributed by atoms with E-state index in [-0.39, 0.29) is 120 Å². The molecule has 0 radical (unpaired) electrons. The van der Waals surface area contributed by atoms with Gasteiger partial charge in [0.2, 0.25) is 11.8 Å². The molecule has 0 bridgehead atoms. The molecular weight excluding hydrogens is 802 g/mol. The van der Waals surface area contributed by atoms with E-state index in [1.54, 1.807) is 32.0 Å². The van der Waals surface area contributed by atoms with Gasteiger partial charge in [-0.2, -0.15) is 0 Å². The van der Waals surface area contributed by atoms with Crippen molar-refractivity contribution in [3.8, 4) is 42.8 Å². The molecule has 0 fully saturated rings. The van der Waals surface area contributed by atoms with Crippen molar-refractivity contribution < 1.29 is 57.0 Å². The Labute approximate surface area is 355 Å². The Morgan fingerprint density at radius 2 is 1.19 bits per heavy atom. The number of carbonyl (C=O) groups excluding carboxylic acids is 4. The summed E-state index contributed by atoms with van der Waals surface area (Å²) in [6.07, 6.45) is 16.5. The van der Waals surface area contributed by atoms with Crippen molar-refractivity contribution >= 4 is 41.8 Å². The average Bonchev–Trinajstić information content (AvgIpc) is 3.21. The topological polar surface area (TPSA) is 192 Å². The standard InChI is InChI=1S/C42H62N3O12PS/c1-6-22-51-28-31-54-25-10-12-37(46)14-17-42(18-15-39(47)43-20-26-55-32-29-52-23-7-2,19-16-40(48)44-21-27-56-33-30-53-24-8-3)45-41(49)36-11-9-13-38(34-36)57-58(50,59)35(4)5/h1-3,9,11,13,34-35H,10,12,14-33H2,4-5H3,(H,43,47)(H,44,48)(H,45,49)(H,50,59)/p-1. The van der Waals surface area contributed by atoms with Gasteiger partial charge in [0, 0.05) is 68.6 Å². The highest BCUT2D eigenvalue weighted by molar-refractivity contribution is 8.09. The van der Waals surface area contributed by atoms with E-state index in [2.05, 4.69) is 33.7 Å². The Bertz CT molecular complexity index is 1460. The lowest BCUT2D eigenvalue weighted by Crippen LogP contribution is -2.50. The molecule has 1 unspecified atom stereocenters. The Hall–Kier alpha value is -3.85. The Kier molecular flexibility index (Phi) is 29.7. The number of rotatable bonds is 36. The molecule has 0 aliphatic carbocycles. The highest BCUT2D eigenvalue weighted by atomic mass is 32.5. The van der Waals surface area contributed by atoms with E-state index in [4.69, 9.17) is 64.0 Å². The van der Waals surface area contributed by atoms with Gasteiger partial charge in [-0.1, -0.05) is 49.5 Å². The van der Waals surface area contributed by atoms with E-state index < -0.39 is 23.6 Å². The first-order chi connectivity index (χ1) is 28.4. The van der Waals surface area contributed by atoms with Gasteiger partial charge in [-0.15, -0.1) is 19.3 Å². The number of Topliss-reactive ketones (excluding diaryl/α,β-unsaturated/α-hetero) is 1. The van der Waals surface area contributed by atoms with Crippen LogP contribution in [0.5, 0.6) is 5.75 Å². The van der Waals surface area contributed by atoms with Crippen LogP contribution in [0.2, 0.25) is 0 Å². The van der Waals surface area contributed by atoms with E-state index in [9.17, 15) is 24.1 Å². The van der Waals surface area contributed by atoms with Crippen LogP contribution in [0.4, 0.5) is 0 Å². The molecular formula is C42H61N3O12PS-. The molecule has 17 heteroatoms. The van der Waals surface area contributed by atoms with E-state index in [1.807, 2.05) is 0 Å². The van der Waals surface area contributed by atoms with Gasteiger partial charge in [0.25, 0.3) is 5.91 Å². The van der Waals surface area contributed by atoms with Gasteiger partial charge in [0.05, 0.1) is 52.9 Å². The number of amides is 3. The van der Waals surface area contributed by atoms with Crippen LogP contribution in [0.25, 0.3) is 0 Å². The van der Waals surface area contributed by atoms with Crippen LogP contribution >= 0.6 is 6.49 Å². The smallest absolute Gasteiger partial charge is 0.251 e. The average molecular weight is 863 g/mol. The normalized spacial score (nSPS) is 12.1. The van der Waals surface area contributed by atoms with Crippen LogP contribution < -0.4 is 25.4 Å². The number of hydrogen-bond donors (Lipinski definition) is 3. The zero-order valence-electron chi connectivity index (χ0n) is 34.4. The van der Waals surface area contributed by atoms with Gasteiger partial charge in [-0.3, -0.25) is 19.2 Å². The molecule has 15 nitrogen and oxygen atoms in total. The van der Waals surface area contributed by atoms with Gasteiger partial charge >= 0.3 is 0 Å². The quantitative estimate of drug-likeness (QED) is 0.0508. The summed E-state index contributed by atoms with van der Waals surface area (Å²) in [5.74, 6) is 6.01. The SMILES string of the molecule is C#CCOCCOCCCC(=O)CCC(CCC(=O)NCCOCCOCC#C)(CCC(=O)NCCOCCOCC#C)NC(=O)c1cccc(OP([O-])(=S)C(C)C)c1. The summed E-state index contributed by atoms with van der Waals surface area (Å²) in [6.45, 7) is 3.63. The molecule has 1 aromatic carbocycles. The van der Waals surface area contributed by atoms with Crippen LogP contribution in [0.1, 0.15) is 75.6 Å². The van der Waals surface area contributed by atoms with E-state index in [0.29, 0.717) is 52.7 Å². The van der Waals surface area contributed by atoms with E-state index in [1.165, 1.54) is 6.07 Å². The second-order valence-electron chi connectivity index (χ2n) is 13.4. The van der Waals surface area contributed by atoms with Crippen LogP contribution in [0, 0.1) is 37.0 Å². The van der Waals surface area contributed by atoms with Crippen LogP contribution in [-0.4, -0.2) is 127 Å². The minimum Gasteiger partial charge on any atom is -0.791 e. The van der Waals surface area contributed by atoms with Crippen LogP contribution in [0.15, 0.2) is 24.3 Å². The second-order valence-corrected chi connectivity index (χ2v) is 17.3. The lowest BCUT2D eigenvalue weighted by Gasteiger charge is -2.35. The third-order valence-electron chi connectivity index (χ3n) is 8.44. The van der Waals surface area contributed by atoms with Crippen molar-refractivity contribution in [2.24, 2.45) is 0 Å². The van der Waals surface area contributed by atoms with Crippen LogP contribution in [0.3, 0.4) is 0 Å². The lowest BCUT2D eigenvalue weighted by atomic mass is 9.82. The summed E-state index contributed by atoms with van der Waals surface area (Å²) in [4.78, 5) is 66.3. The summed E-state index contributed by atoms with van der Waals surface area (Å²) in [6, 6.07) is 6.10. The van der Waals surface area contributed by atoms with Gasteiger partial charge in [0.15, 0.2) is 0 Å². The van der Waals surface area contributed by atoms with Crippen molar-refractivity contribution in [1.29, 1.82) is 0 Å². The molecule has 0 saturated heterocycles. The van der Waals surface area contributed by atoms with Crippen molar-refractivity contribution in [1.82, 2.24) is 16.0 Å². The molecule has 1 atom stereocenters. The van der Waals surface area contributed by atoms with Gasteiger partial charge < -0.3 is 53.8 Å². The highest BCUT2D eigenvalue weighted by Crippen LogP contribution is 2.43.